The molecular formula is C13H16BN2O3. The molecule has 1 aliphatic rings. The van der Waals surface area contributed by atoms with Crippen LogP contribution < -0.4 is 5.32 Å². The van der Waals surface area contributed by atoms with Crippen molar-refractivity contribution >= 4 is 19.1 Å². The van der Waals surface area contributed by atoms with Crippen LogP contribution in [-0.2, 0) is 9.59 Å². The molecule has 2 amide bonds. The van der Waals surface area contributed by atoms with Crippen LogP contribution in [0.3, 0.4) is 0 Å². The summed E-state index contributed by atoms with van der Waals surface area (Å²) in [4.78, 5) is 32.9. The third-order valence-corrected chi connectivity index (χ3v) is 2.68. The SMILES string of the molecule is C=CCCC(=O)N[C@@H](CC(=O)N=O)CC1=C[B]C=C1. The van der Waals surface area contributed by atoms with Gasteiger partial charge in [0.2, 0.25) is 5.91 Å². The fourth-order valence-electron chi connectivity index (χ4n) is 1.79. The van der Waals surface area contributed by atoms with Gasteiger partial charge >= 0.3 is 0 Å². The first-order chi connectivity index (χ1) is 9.15. The average Bonchev–Trinajstić information content (AvgIpc) is 2.88. The molecule has 0 bridgehead atoms. The summed E-state index contributed by atoms with van der Waals surface area (Å²) in [5, 5.41) is 5.12. The number of hydrogen-bond acceptors (Lipinski definition) is 3. The predicted molar refractivity (Wildman–Crippen MR) is 74.4 cm³/mol. The molecule has 1 rings (SSSR count). The van der Waals surface area contributed by atoms with Gasteiger partial charge in [0.25, 0.3) is 5.91 Å². The highest BCUT2D eigenvalue weighted by Gasteiger charge is 2.18. The summed E-state index contributed by atoms with van der Waals surface area (Å²) in [7, 11) is 1.88. The molecular weight excluding hydrogens is 243 g/mol. The lowest BCUT2D eigenvalue weighted by molar-refractivity contribution is -0.122. The summed E-state index contributed by atoms with van der Waals surface area (Å²) < 4.78 is 0. The molecule has 1 atom stereocenters. The Morgan fingerprint density at radius 1 is 1.53 bits per heavy atom. The number of nitrogens with one attached hydrogen (secondary N) is 1. The van der Waals surface area contributed by atoms with Crippen LogP contribution in [0, 0.1) is 4.91 Å². The molecule has 0 aromatic heterocycles. The topological polar surface area (TPSA) is 75.6 Å². The Hall–Kier alpha value is -1.98. The number of amides is 2. The van der Waals surface area contributed by atoms with E-state index in [-0.39, 0.29) is 12.3 Å². The predicted octanol–water partition coefficient (Wildman–Crippen LogP) is 1.63. The Bertz CT molecular complexity index is 430. The molecule has 0 aromatic rings. The summed E-state index contributed by atoms with van der Waals surface area (Å²) >= 11 is 0. The van der Waals surface area contributed by atoms with Gasteiger partial charge < -0.3 is 5.32 Å². The van der Waals surface area contributed by atoms with E-state index in [1.54, 1.807) is 6.08 Å². The Morgan fingerprint density at radius 2 is 2.32 bits per heavy atom. The Balaban J connectivity index is 2.54. The zero-order valence-electron chi connectivity index (χ0n) is 10.7. The first-order valence-corrected chi connectivity index (χ1v) is 6.12. The highest BCUT2D eigenvalue weighted by Crippen LogP contribution is 2.14. The lowest BCUT2D eigenvalue weighted by Gasteiger charge is -2.17. The molecule has 1 radical (unpaired) electrons. The van der Waals surface area contributed by atoms with Crippen molar-refractivity contribution in [2.75, 3.05) is 0 Å². The minimum Gasteiger partial charge on any atom is -0.353 e. The molecule has 0 saturated carbocycles. The third kappa shape index (κ3) is 5.95. The van der Waals surface area contributed by atoms with Crippen molar-refractivity contribution in [1.82, 2.24) is 5.32 Å². The lowest BCUT2D eigenvalue weighted by Crippen LogP contribution is -2.36. The maximum atomic E-state index is 11.6. The average molecular weight is 259 g/mol. The van der Waals surface area contributed by atoms with Crippen LogP contribution in [-0.4, -0.2) is 25.1 Å². The maximum absolute atomic E-state index is 11.6. The minimum absolute atomic E-state index is 0.0749. The molecule has 6 heteroatoms. The van der Waals surface area contributed by atoms with Crippen molar-refractivity contribution < 1.29 is 9.59 Å². The van der Waals surface area contributed by atoms with E-state index in [1.807, 2.05) is 25.3 Å². The van der Waals surface area contributed by atoms with Crippen LogP contribution in [0.2, 0.25) is 0 Å². The molecule has 1 aliphatic heterocycles. The summed E-state index contributed by atoms with van der Waals surface area (Å²) in [5.74, 6) is 2.88. The molecule has 0 saturated heterocycles. The highest BCUT2D eigenvalue weighted by atomic mass is 16.3. The van der Waals surface area contributed by atoms with E-state index in [0.29, 0.717) is 19.3 Å². The van der Waals surface area contributed by atoms with E-state index in [9.17, 15) is 14.5 Å². The Labute approximate surface area is 113 Å². The van der Waals surface area contributed by atoms with Crippen LogP contribution in [0.4, 0.5) is 0 Å². The molecule has 1 N–H and O–H groups in total. The van der Waals surface area contributed by atoms with Gasteiger partial charge in [-0.25, -0.2) is 0 Å². The lowest BCUT2D eigenvalue weighted by atomic mass is 9.82. The van der Waals surface area contributed by atoms with Crippen molar-refractivity contribution in [3.63, 3.8) is 0 Å². The van der Waals surface area contributed by atoms with E-state index in [1.165, 1.54) is 0 Å². The van der Waals surface area contributed by atoms with E-state index >= 15 is 0 Å². The van der Waals surface area contributed by atoms with Crippen LogP contribution in [0.5, 0.6) is 0 Å². The van der Waals surface area contributed by atoms with Gasteiger partial charge in [0.15, 0.2) is 7.28 Å². The zero-order valence-corrected chi connectivity index (χ0v) is 10.7. The van der Waals surface area contributed by atoms with E-state index in [2.05, 4.69) is 17.1 Å². The molecule has 0 fully saturated rings. The standard InChI is InChI=1S/C13H16BN2O3/c1-2-3-4-12(17)15-11(8-13(18)16-19)7-10-5-6-14-9-10/h2,5-6,9,11H,1,3-4,7-8H2,(H,15,17)/t11-/m1/s1. The minimum atomic E-state index is -0.749. The molecule has 0 spiro atoms. The van der Waals surface area contributed by atoms with Gasteiger partial charge in [0.05, 0.1) is 6.42 Å². The molecule has 0 unspecified atom stereocenters. The normalized spacial score (nSPS) is 14.2. The maximum Gasteiger partial charge on any atom is 0.288 e. The fraction of sp³-hybridized carbons (Fsp3) is 0.385. The van der Waals surface area contributed by atoms with Gasteiger partial charge in [-0.1, -0.05) is 17.7 Å². The fourth-order valence-corrected chi connectivity index (χ4v) is 1.79. The van der Waals surface area contributed by atoms with Crippen molar-refractivity contribution in [2.45, 2.75) is 31.7 Å². The van der Waals surface area contributed by atoms with E-state index < -0.39 is 11.9 Å². The van der Waals surface area contributed by atoms with Gasteiger partial charge in [-0.05, 0) is 12.8 Å². The van der Waals surface area contributed by atoms with Crippen molar-refractivity contribution in [3.05, 3.63) is 41.2 Å². The number of nitroso groups, excluding NO2 is 1. The number of carbonyl (C=O) groups excluding carboxylic acids is 2. The Kier molecular flexibility index (Phi) is 6.50. The van der Waals surface area contributed by atoms with E-state index in [4.69, 9.17) is 0 Å². The number of nitrogens with zero attached hydrogens (tertiary/aromatic N) is 1. The number of carbonyl (C=O) groups is 2. The second-order valence-corrected chi connectivity index (χ2v) is 4.28. The molecule has 0 aliphatic carbocycles. The zero-order chi connectivity index (χ0) is 14.1. The molecule has 1 heterocycles. The Morgan fingerprint density at radius 3 is 2.89 bits per heavy atom. The van der Waals surface area contributed by atoms with Crippen molar-refractivity contribution in [2.24, 2.45) is 5.18 Å². The third-order valence-electron chi connectivity index (χ3n) is 2.68. The smallest absolute Gasteiger partial charge is 0.288 e. The summed E-state index contributed by atoms with van der Waals surface area (Å²) in [5.41, 5.74) is 1.01. The molecule has 0 aromatic carbocycles. The number of hydrogen-bond donors (Lipinski definition) is 1. The van der Waals surface area contributed by atoms with Crippen LogP contribution in [0.1, 0.15) is 25.7 Å². The van der Waals surface area contributed by atoms with Gasteiger partial charge in [0.1, 0.15) is 0 Å². The second-order valence-electron chi connectivity index (χ2n) is 4.28. The molecule has 19 heavy (non-hydrogen) atoms. The first kappa shape index (κ1) is 15.1. The quantitative estimate of drug-likeness (QED) is 0.409. The van der Waals surface area contributed by atoms with Crippen molar-refractivity contribution in [1.29, 1.82) is 0 Å². The second kappa shape index (κ2) is 8.18. The van der Waals surface area contributed by atoms with Crippen molar-refractivity contribution in [3.8, 4) is 0 Å². The number of allylic oxidation sites excluding steroid dienone is 2. The van der Waals surface area contributed by atoms with Crippen LogP contribution in [0.15, 0.2) is 41.4 Å². The van der Waals surface area contributed by atoms with E-state index in [0.717, 1.165) is 5.57 Å². The molecule has 99 valence electrons. The highest BCUT2D eigenvalue weighted by molar-refractivity contribution is 6.49. The summed E-state index contributed by atoms with van der Waals surface area (Å²) in [6, 6.07) is -0.398. The number of rotatable bonds is 8. The van der Waals surface area contributed by atoms with Gasteiger partial charge in [0, 0.05) is 17.6 Å². The monoisotopic (exact) mass is 259 g/mol. The largest absolute Gasteiger partial charge is 0.353 e. The van der Waals surface area contributed by atoms with Gasteiger partial charge in [-0.2, -0.15) is 0 Å². The van der Waals surface area contributed by atoms with Crippen LogP contribution in [0.25, 0.3) is 0 Å². The van der Waals surface area contributed by atoms with Crippen LogP contribution >= 0.6 is 0 Å². The summed E-state index contributed by atoms with van der Waals surface area (Å²) in [6.45, 7) is 3.54. The van der Waals surface area contributed by atoms with Gasteiger partial charge in [-0.3, -0.25) is 9.59 Å². The van der Waals surface area contributed by atoms with Gasteiger partial charge in [-0.15, -0.1) is 23.4 Å². The summed E-state index contributed by atoms with van der Waals surface area (Å²) in [6.07, 6.45) is 4.90. The first-order valence-electron chi connectivity index (χ1n) is 6.12. The molecule has 5 nitrogen and oxygen atoms in total.